The van der Waals surface area contributed by atoms with Crippen LogP contribution in [0.15, 0.2) is 24.3 Å². The Morgan fingerprint density at radius 1 is 0.471 bits per heavy atom. The molecule has 5 nitrogen and oxygen atoms in total. The van der Waals surface area contributed by atoms with E-state index < -0.39 is 33.6 Å². The van der Waals surface area contributed by atoms with E-state index in [0.717, 1.165) is 36.8 Å². The lowest BCUT2D eigenvalue weighted by atomic mass is 9.67. The minimum absolute atomic E-state index is 0.0273. The zero-order valence-corrected chi connectivity index (χ0v) is 36.3. The molecule has 0 radical (unpaired) electrons. The van der Waals surface area contributed by atoms with Crippen molar-refractivity contribution in [1.82, 2.24) is 0 Å². The van der Waals surface area contributed by atoms with Crippen LogP contribution < -0.4 is 4.74 Å². The fourth-order valence-electron chi connectivity index (χ4n) is 9.49. The van der Waals surface area contributed by atoms with Gasteiger partial charge >= 0.3 is 11.9 Å². The number of rotatable bonds is 11. The van der Waals surface area contributed by atoms with Crippen LogP contribution in [-0.2, 0) is 21.7 Å². The Balaban J connectivity index is 3.08. The Morgan fingerprint density at radius 2 is 0.725 bits per heavy atom. The van der Waals surface area contributed by atoms with Crippen molar-refractivity contribution >= 4 is 11.9 Å². The summed E-state index contributed by atoms with van der Waals surface area (Å²) >= 11 is 0. The lowest BCUT2D eigenvalue weighted by Gasteiger charge is -2.38. The third kappa shape index (κ3) is 12.1. The van der Waals surface area contributed by atoms with E-state index in [-0.39, 0.29) is 33.0 Å². The predicted octanol–water partition coefficient (Wildman–Crippen LogP) is 13.2. The number of aromatic hydroxyl groups is 1. The van der Waals surface area contributed by atoms with Crippen LogP contribution in [0.5, 0.6) is 11.5 Å². The summed E-state index contributed by atoms with van der Waals surface area (Å²) in [5.41, 5.74) is 1.27. The van der Waals surface area contributed by atoms with Gasteiger partial charge in [0.15, 0.2) is 0 Å². The molecule has 0 aliphatic carbocycles. The quantitative estimate of drug-likeness (QED) is 0.179. The second-order valence-corrected chi connectivity index (χ2v) is 23.0. The van der Waals surface area contributed by atoms with Crippen LogP contribution in [0, 0.1) is 21.7 Å². The zero-order chi connectivity index (χ0) is 40.1. The van der Waals surface area contributed by atoms with Crippen molar-refractivity contribution in [2.75, 3.05) is 0 Å². The summed E-state index contributed by atoms with van der Waals surface area (Å²) < 4.78 is 6.66. The smallest absolute Gasteiger partial charge is 0.343 e. The number of hydrogen-bond donors (Lipinski definition) is 2. The normalized spacial score (nSPS) is 14.1. The third-order valence-electron chi connectivity index (χ3n) is 9.68. The highest BCUT2D eigenvalue weighted by Gasteiger charge is 2.40. The number of carboxylic acid groups (broad SMARTS) is 1. The maximum atomic E-state index is 14.8. The summed E-state index contributed by atoms with van der Waals surface area (Å²) in [6, 6.07) is 7.07. The highest BCUT2D eigenvalue weighted by Crippen LogP contribution is 2.50. The minimum atomic E-state index is -1.01. The Bertz CT molecular complexity index is 1490. The van der Waals surface area contributed by atoms with Gasteiger partial charge < -0.3 is 14.9 Å². The molecule has 0 spiro atoms. The van der Waals surface area contributed by atoms with Gasteiger partial charge in [0.05, 0.1) is 11.1 Å². The van der Waals surface area contributed by atoms with Crippen molar-refractivity contribution in [3.63, 3.8) is 0 Å². The largest absolute Gasteiger partial charge is 0.507 e. The van der Waals surface area contributed by atoms with Gasteiger partial charge in [-0.2, -0.15) is 0 Å². The Kier molecular flexibility index (Phi) is 12.3. The number of aromatic carboxylic acids is 1. The van der Waals surface area contributed by atoms with E-state index in [1.165, 1.54) is 0 Å². The van der Waals surface area contributed by atoms with Crippen molar-refractivity contribution < 1.29 is 24.5 Å². The standard InChI is InChI=1S/C46H74O5/c1-39(2,3)25-43(13,14)31-23-30(24-32(35(31)47)44(15,16)26-40(4,5)6)38(50)51-36-33(45(17,18)27-41(7,8)9)21-29(37(48)49)22-34(36)46(19,20)28-42(10,11)12/h21-24,47H,25-28H2,1-20H3,(H,48,49). The average molecular weight is 707 g/mol. The molecule has 0 aliphatic rings. The average Bonchev–Trinajstić information content (AvgIpc) is 2.82. The first-order chi connectivity index (χ1) is 22.4. The molecule has 0 aromatic heterocycles. The Morgan fingerprint density at radius 3 is 0.980 bits per heavy atom. The topological polar surface area (TPSA) is 83.8 Å². The van der Waals surface area contributed by atoms with Crippen molar-refractivity contribution in [1.29, 1.82) is 0 Å². The molecule has 2 N–H and O–H groups in total. The zero-order valence-electron chi connectivity index (χ0n) is 36.3. The van der Waals surface area contributed by atoms with Gasteiger partial charge in [-0.15, -0.1) is 0 Å². The monoisotopic (exact) mass is 707 g/mol. The molecule has 2 rings (SSSR count). The summed E-state index contributed by atoms with van der Waals surface area (Å²) in [5.74, 6) is -0.852. The molecule has 0 fully saturated rings. The first kappa shape index (κ1) is 44.3. The Hall–Kier alpha value is -2.82. The highest BCUT2D eigenvalue weighted by atomic mass is 16.5. The van der Waals surface area contributed by atoms with Crippen molar-refractivity contribution in [2.45, 2.75) is 186 Å². The molecule has 0 amide bonds. The van der Waals surface area contributed by atoms with Crippen LogP contribution in [0.2, 0.25) is 0 Å². The molecule has 0 unspecified atom stereocenters. The number of ether oxygens (including phenoxy) is 1. The number of hydrogen-bond acceptors (Lipinski definition) is 4. The van der Waals surface area contributed by atoms with E-state index in [0.29, 0.717) is 22.4 Å². The van der Waals surface area contributed by atoms with Gasteiger partial charge in [0.1, 0.15) is 11.5 Å². The highest BCUT2D eigenvalue weighted by molar-refractivity contribution is 5.93. The molecule has 0 aliphatic heterocycles. The van der Waals surface area contributed by atoms with Gasteiger partial charge in [-0.3, -0.25) is 0 Å². The number of carbonyl (C=O) groups excluding carboxylic acids is 1. The van der Waals surface area contributed by atoms with Crippen LogP contribution in [0.4, 0.5) is 0 Å². The molecule has 0 bridgehead atoms. The van der Waals surface area contributed by atoms with Crippen molar-refractivity contribution in [3.05, 3.63) is 57.6 Å². The fourth-order valence-corrected chi connectivity index (χ4v) is 9.49. The van der Waals surface area contributed by atoms with Gasteiger partial charge in [0.2, 0.25) is 0 Å². The Labute approximate surface area is 312 Å². The van der Waals surface area contributed by atoms with Gasteiger partial charge in [0.25, 0.3) is 0 Å². The number of carboxylic acids is 1. The van der Waals surface area contributed by atoms with Gasteiger partial charge in [0, 0.05) is 22.3 Å². The van der Waals surface area contributed by atoms with Crippen LogP contribution >= 0.6 is 0 Å². The second kappa shape index (κ2) is 14.2. The summed E-state index contributed by atoms with van der Waals surface area (Å²) in [6.07, 6.45) is 3.06. The van der Waals surface area contributed by atoms with Crippen LogP contribution in [0.1, 0.15) is 207 Å². The number of phenolic OH excluding ortho intramolecular Hbond substituents is 1. The van der Waals surface area contributed by atoms with Crippen LogP contribution in [-0.4, -0.2) is 22.2 Å². The van der Waals surface area contributed by atoms with Crippen LogP contribution in [0.25, 0.3) is 0 Å². The van der Waals surface area contributed by atoms with E-state index in [1.54, 1.807) is 12.1 Å². The maximum absolute atomic E-state index is 14.8. The van der Waals surface area contributed by atoms with E-state index in [2.05, 4.69) is 138 Å². The first-order valence-corrected chi connectivity index (χ1v) is 18.9. The molecule has 5 heteroatoms. The predicted molar refractivity (Wildman–Crippen MR) is 215 cm³/mol. The molecule has 0 atom stereocenters. The van der Waals surface area contributed by atoms with Gasteiger partial charge in [-0.25, -0.2) is 9.59 Å². The molecule has 0 saturated heterocycles. The number of phenols is 1. The lowest BCUT2D eigenvalue weighted by molar-refractivity contribution is 0.0696. The van der Waals surface area contributed by atoms with E-state index >= 15 is 0 Å². The number of carbonyl (C=O) groups is 2. The summed E-state index contributed by atoms with van der Waals surface area (Å²) in [7, 11) is 0. The third-order valence-corrected chi connectivity index (χ3v) is 9.68. The SMILES string of the molecule is CC(C)(C)CC(C)(C)c1cc(C(=O)Oc2c(C(C)(C)CC(C)(C)C)cc(C(=O)O)cc2C(C)(C)CC(C)(C)C)cc(C(C)(C)CC(C)(C)C)c1O. The molecule has 288 valence electrons. The van der Waals surface area contributed by atoms with Crippen molar-refractivity contribution in [3.8, 4) is 11.5 Å². The molecular weight excluding hydrogens is 633 g/mol. The van der Waals surface area contributed by atoms with Crippen LogP contribution in [0.3, 0.4) is 0 Å². The summed E-state index contributed by atoms with van der Waals surface area (Å²) in [4.78, 5) is 27.4. The van der Waals surface area contributed by atoms with Gasteiger partial charge in [-0.1, -0.05) is 138 Å². The summed E-state index contributed by atoms with van der Waals surface area (Å²) in [5, 5.41) is 22.4. The molecule has 51 heavy (non-hydrogen) atoms. The molecular formula is C46H74O5. The maximum Gasteiger partial charge on any atom is 0.343 e. The van der Waals surface area contributed by atoms with Crippen molar-refractivity contribution in [2.24, 2.45) is 21.7 Å². The molecule has 2 aromatic rings. The van der Waals surface area contributed by atoms with E-state index in [4.69, 9.17) is 4.74 Å². The minimum Gasteiger partial charge on any atom is -0.507 e. The number of benzene rings is 2. The molecule has 0 heterocycles. The van der Waals surface area contributed by atoms with E-state index in [1.807, 2.05) is 12.1 Å². The molecule has 0 saturated carbocycles. The second-order valence-electron chi connectivity index (χ2n) is 23.0. The summed E-state index contributed by atoms with van der Waals surface area (Å²) in [6.45, 7) is 43.1. The van der Waals surface area contributed by atoms with Gasteiger partial charge in [-0.05, 0) is 93.3 Å². The number of esters is 1. The van der Waals surface area contributed by atoms with E-state index in [9.17, 15) is 19.8 Å². The molecule has 2 aromatic carbocycles. The lowest BCUT2D eigenvalue weighted by Crippen LogP contribution is -2.31. The first-order valence-electron chi connectivity index (χ1n) is 18.9. The fraction of sp³-hybridized carbons (Fsp3) is 0.696.